The average molecular weight is 831 g/mol. The lowest BCUT2D eigenvalue weighted by atomic mass is 9.82. The third kappa shape index (κ3) is 6.65. The normalized spacial score (nSPS) is 12.6. The molecule has 65 heavy (non-hydrogen) atoms. The van der Waals surface area contributed by atoms with Crippen LogP contribution in [0.4, 0.5) is 17.1 Å². The van der Waals surface area contributed by atoms with Crippen molar-refractivity contribution in [2.75, 3.05) is 4.90 Å². The number of hydrogen-bond donors (Lipinski definition) is 0. The Balaban J connectivity index is 0.915. The second kappa shape index (κ2) is 15.6. The molecule has 0 saturated heterocycles. The maximum Gasteiger partial charge on any atom is 0.0541 e. The summed E-state index contributed by atoms with van der Waals surface area (Å²) >= 11 is 0. The van der Waals surface area contributed by atoms with Gasteiger partial charge in [-0.3, -0.25) is 0 Å². The lowest BCUT2D eigenvalue weighted by Gasteiger charge is -2.26. The third-order valence-corrected chi connectivity index (χ3v) is 13.6. The molecule has 308 valence electrons. The Morgan fingerprint density at radius 2 is 0.800 bits per heavy atom. The number of hydrogen-bond acceptors (Lipinski definition) is 1. The molecule has 0 N–H and O–H groups in total. The molecule has 0 saturated carbocycles. The zero-order valence-corrected chi connectivity index (χ0v) is 36.5. The van der Waals surface area contributed by atoms with Crippen molar-refractivity contribution in [1.82, 2.24) is 4.57 Å². The van der Waals surface area contributed by atoms with Gasteiger partial charge in [-0.05, 0) is 140 Å². The maximum absolute atomic E-state index is 2.45. The molecule has 0 aliphatic heterocycles. The number of aromatic nitrogens is 1. The van der Waals surface area contributed by atoms with Crippen molar-refractivity contribution >= 4 is 38.9 Å². The first kappa shape index (κ1) is 38.5. The van der Waals surface area contributed by atoms with Crippen LogP contribution in [0.1, 0.15) is 25.0 Å². The summed E-state index contributed by atoms with van der Waals surface area (Å²) < 4.78 is 2.45. The molecule has 0 unspecified atom stereocenters. The lowest BCUT2D eigenvalue weighted by Crippen LogP contribution is -2.14. The molecule has 0 bridgehead atoms. The van der Waals surface area contributed by atoms with E-state index in [9.17, 15) is 0 Å². The minimum atomic E-state index is -0.0282. The molecule has 0 radical (unpaired) electrons. The van der Waals surface area contributed by atoms with Crippen LogP contribution < -0.4 is 4.90 Å². The molecule has 1 aliphatic rings. The van der Waals surface area contributed by atoms with E-state index in [4.69, 9.17) is 0 Å². The smallest absolute Gasteiger partial charge is 0.0541 e. The molecule has 0 amide bonds. The van der Waals surface area contributed by atoms with E-state index in [0.29, 0.717) is 0 Å². The number of rotatable bonds is 8. The van der Waals surface area contributed by atoms with E-state index in [1.54, 1.807) is 0 Å². The standard InChI is InChI=1S/C63H46N2/c1-63(2)59-25-11-9-23-55(59)57-42-54(36-37-60(57)63)65-61-26-12-10-24-56(61)58-41-50(31-38-62(58)65)48-20-13-19-47(39-48)49-21-14-22-53(40-49)64(51-32-27-45(28-33-51)43-15-5-3-6-16-43)52-34-29-46(30-35-52)44-17-7-4-8-18-44/h3-42H,1-2H3. The summed E-state index contributed by atoms with van der Waals surface area (Å²) in [5.74, 6) is 0. The van der Waals surface area contributed by atoms with E-state index in [2.05, 4.69) is 266 Å². The van der Waals surface area contributed by atoms with Gasteiger partial charge in [0, 0.05) is 38.9 Å². The zero-order chi connectivity index (χ0) is 43.5. The summed E-state index contributed by atoms with van der Waals surface area (Å²) in [6, 6.07) is 88.7. The van der Waals surface area contributed by atoms with Gasteiger partial charge >= 0.3 is 0 Å². The molecule has 2 nitrogen and oxygen atoms in total. The Hall–Kier alpha value is -8.20. The second-order valence-corrected chi connectivity index (χ2v) is 17.8. The molecule has 1 heterocycles. The van der Waals surface area contributed by atoms with E-state index < -0.39 is 0 Å². The van der Waals surface area contributed by atoms with Crippen LogP contribution in [0.2, 0.25) is 0 Å². The van der Waals surface area contributed by atoms with Crippen molar-refractivity contribution in [3.8, 4) is 61.3 Å². The number of anilines is 3. The Morgan fingerprint density at radius 3 is 1.48 bits per heavy atom. The van der Waals surface area contributed by atoms with Crippen LogP contribution in [-0.2, 0) is 5.41 Å². The molecule has 0 fully saturated rings. The predicted octanol–water partition coefficient (Wildman–Crippen LogP) is 17.2. The minimum absolute atomic E-state index is 0.0282. The zero-order valence-electron chi connectivity index (χ0n) is 36.5. The summed E-state index contributed by atoms with van der Waals surface area (Å²) in [4.78, 5) is 2.36. The molecule has 1 aromatic heterocycles. The average Bonchev–Trinajstić information content (AvgIpc) is 3.82. The topological polar surface area (TPSA) is 8.17 Å². The van der Waals surface area contributed by atoms with E-state index in [1.165, 1.54) is 88.7 Å². The van der Waals surface area contributed by atoms with Crippen molar-refractivity contribution in [2.45, 2.75) is 19.3 Å². The summed E-state index contributed by atoms with van der Waals surface area (Å²) in [6.45, 7) is 4.69. The molecule has 12 rings (SSSR count). The van der Waals surface area contributed by atoms with Crippen LogP contribution in [0.5, 0.6) is 0 Å². The van der Waals surface area contributed by atoms with Crippen LogP contribution in [0.15, 0.2) is 243 Å². The van der Waals surface area contributed by atoms with Gasteiger partial charge in [0.1, 0.15) is 0 Å². The van der Waals surface area contributed by atoms with Crippen LogP contribution in [0.25, 0.3) is 83.1 Å². The molecule has 0 atom stereocenters. The maximum atomic E-state index is 2.45. The van der Waals surface area contributed by atoms with Crippen molar-refractivity contribution in [3.63, 3.8) is 0 Å². The number of fused-ring (bicyclic) bond motifs is 6. The monoisotopic (exact) mass is 830 g/mol. The van der Waals surface area contributed by atoms with Crippen LogP contribution >= 0.6 is 0 Å². The Morgan fingerprint density at radius 1 is 0.308 bits per heavy atom. The van der Waals surface area contributed by atoms with E-state index in [-0.39, 0.29) is 5.41 Å². The van der Waals surface area contributed by atoms with Crippen molar-refractivity contribution in [1.29, 1.82) is 0 Å². The first-order valence-electron chi connectivity index (χ1n) is 22.6. The van der Waals surface area contributed by atoms with Gasteiger partial charge in [0.2, 0.25) is 0 Å². The van der Waals surface area contributed by atoms with Crippen molar-refractivity contribution in [2.24, 2.45) is 0 Å². The molecule has 11 aromatic rings. The summed E-state index contributed by atoms with van der Waals surface area (Å²) in [6.07, 6.45) is 0. The molecule has 10 aromatic carbocycles. The van der Waals surface area contributed by atoms with Gasteiger partial charge in [0.05, 0.1) is 11.0 Å². The van der Waals surface area contributed by atoms with Gasteiger partial charge in [-0.1, -0.05) is 184 Å². The number of nitrogens with zero attached hydrogens (tertiary/aromatic N) is 2. The highest BCUT2D eigenvalue weighted by molar-refractivity contribution is 6.10. The molecule has 1 aliphatic carbocycles. The van der Waals surface area contributed by atoms with Gasteiger partial charge in [-0.25, -0.2) is 0 Å². The van der Waals surface area contributed by atoms with Crippen LogP contribution in [0, 0.1) is 0 Å². The van der Waals surface area contributed by atoms with Crippen LogP contribution in [-0.4, -0.2) is 4.57 Å². The summed E-state index contributed by atoms with van der Waals surface area (Å²) in [7, 11) is 0. The van der Waals surface area contributed by atoms with Crippen LogP contribution in [0.3, 0.4) is 0 Å². The highest BCUT2D eigenvalue weighted by Crippen LogP contribution is 2.49. The third-order valence-electron chi connectivity index (χ3n) is 13.6. The first-order chi connectivity index (χ1) is 32.0. The summed E-state index contributed by atoms with van der Waals surface area (Å²) in [5, 5.41) is 2.50. The molecule has 2 heteroatoms. The Labute approximate surface area is 381 Å². The Kier molecular flexibility index (Phi) is 9.21. The van der Waals surface area contributed by atoms with Crippen molar-refractivity contribution < 1.29 is 0 Å². The fraction of sp³-hybridized carbons (Fsp3) is 0.0476. The molecular weight excluding hydrogens is 785 g/mol. The lowest BCUT2D eigenvalue weighted by molar-refractivity contribution is 0.660. The number of para-hydroxylation sites is 1. The second-order valence-electron chi connectivity index (χ2n) is 17.8. The van der Waals surface area contributed by atoms with Gasteiger partial charge in [0.15, 0.2) is 0 Å². The fourth-order valence-electron chi connectivity index (χ4n) is 10.3. The summed E-state index contributed by atoms with van der Waals surface area (Å²) in [5.41, 5.74) is 21.9. The minimum Gasteiger partial charge on any atom is -0.310 e. The molecule has 0 spiro atoms. The van der Waals surface area contributed by atoms with E-state index in [1.807, 2.05) is 0 Å². The Bertz CT molecular complexity index is 3460. The number of benzene rings is 10. The highest BCUT2D eigenvalue weighted by Gasteiger charge is 2.35. The first-order valence-corrected chi connectivity index (χ1v) is 22.6. The van der Waals surface area contributed by atoms with Gasteiger partial charge < -0.3 is 9.47 Å². The van der Waals surface area contributed by atoms with E-state index >= 15 is 0 Å². The quantitative estimate of drug-likeness (QED) is 0.148. The van der Waals surface area contributed by atoms with Gasteiger partial charge in [0.25, 0.3) is 0 Å². The molecular formula is C63H46N2. The predicted molar refractivity (Wildman–Crippen MR) is 275 cm³/mol. The van der Waals surface area contributed by atoms with Gasteiger partial charge in [-0.15, -0.1) is 0 Å². The largest absolute Gasteiger partial charge is 0.310 e. The van der Waals surface area contributed by atoms with Crippen molar-refractivity contribution in [3.05, 3.63) is 254 Å². The SMILES string of the molecule is CC1(C)c2ccccc2-c2cc(-n3c4ccccc4c4cc(-c5cccc(-c6cccc(N(c7ccc(-c8ccccc8)cc7)c7ccc(-c8ccccc8)cc7)c6)c5)ccc43)ccc21. The fourth-order valence-corrected chi connectivity index (χ4v) is 10.3. The van der Waals surface area contributed by atoms with Gasteiger partial charge in [-0.2, -0.15) is 0 Å². The highest BCUT2D eigenvalue weighted by atomic mass is 15.1. The van der Waals surface area contributed by atoms with E-state index in [0.717, 1.165) is 22.6 Å².